The monoisotopic (exact) mass is 341 g/mol. The van der Waals surface area contributed by atoms with Crippen LogP contribution in [0.2, 0.25) is 0 Å². The predicted molar refractivity (Wildman–Crippen MR) is 98.1 cm³/mol. The van der Waals surface area contributed by atoms with Crippen molar-refractivity contribution < 1.29 is 9.18 Å². The largest absolute Gasteiger partial charge is 0.363 e. The number of aryl methyl sites for hydroxylation is 1. The van der Waals surface area contributed by atoms with Crippen LogP contribution in [0.25, 0.3) is 0 Å². The van der Waals surface area contributed by atoms with Gasteiger partial charge in [0.25, 0.3) is 0 Å². The maximum Gasteiger partial charge on any atom is 0.224 e. The highest BCUT2D eigenvalue weighted by atomic mass is 19.1. The zero-order valence-electron chi connectivity index (χ0n) is 15.1. The van der Waals surface area contributed by atoms with Gasteiger partial charge in [-0.1, -0.05) is 19.9 Å². The van der Waals surface area contributed by atoms with Crippen LogP contribution in [0, 0.1) is 18.7 Å². The van der Waals surface area contributed by atoms with Crippen LogP contribution >= 0.6 is 0 Å². The fourth-order valence-corrected chi connectivity index (χ4v) is 3.79. The molecule has 132 valence electrons. The molecule has 1 aromatic carbocycles. The number of rotatable bonds is 3. The summed E-state index contributed by atoms with van der Waals surface area (Å²) >= 11 is 0. The molecule has 0 fully saturated rings. The summed E-state index contributed by atoms with van der Waals surface area (Å²) in [6.07, 6.45) is 2.64. The van der Waals surface area contributed by atoms with Gasteiger partial charge in [-0.2, -0.15) is 0 Å². The molecule has 2 heterocycles. The van der Waals surface area contributed by atoms with E-state index in [0.717, 1.165) is 29.1 Å². The lowest BCUT2D eigenvalue weighted by atomic mass is 9.81. The minimum absolute atomic E-state index is 0.0153. The number of anilines is 2. The van der Waals surface area contributed by atoms with Crippen LogP contribution < -0.4 is 10.2 Å². The third-order valence-electron chi connectivity index (χ3n) is 5.02. The first kappa shape index (κ1) is 17.4. The van der Waals surface area contributed by atoms with Crippen LogP contribution in [0.5, 0.6) is 0 Å². The molecule has 4 nitrogen and oxygen atoms in total. The van der Waals surface area contributed by atoms with Gasteiger partial charge in [0.2, 0.25) is 5.91 Å². The number of hydrogen-bond acceptors (Lipinski definition) is 3. The van der Waals surface area contributed by atoms with Crippen LogP contribution in [-0.4, -0.2) is 16.9 Å². The number of aromatic nitrogens is 1. The summed E-state index contributed by atoms with van der Waals surface area (Å²) in [5.41, 5.74) is 2.67. The van der Waals surface area contributed by atoms with Gasteiger partial charge in [-0.05, 0) is 43.2 Å². The summed E-state index contributed by atoms with van der Waals surface area (Å²) < 4.78 is 13.9. The Labute approximate surface area is 148 Å². The molecule has 25 heavy (non-hydrogen) atoms. The van der Waals surface area contributed by atoms with Gasteiger partial charge in [-0.25, -0.2) is 9.37 Å². The first-order valence-electron chi connectivity index (χ1n) is 8.70. The van der Waals surface area contributed by atoms with Crippen molar-refractivity contribution in [1.29, 1.82) is 0 Å². The van der Waals surface area contributed by atoms with E-state index in [1.165, 1.54) is 12.1 Å². The van der Waals surface area contributed by atoms with E-state index in [2.05, 4.69) is 24.1 Å². The Morgan fingerprint density at radius 2 is 2.08 bits per heavy atom. The lowest BCUT2D eigenvalue weighted by molar-refractivity contribution is -0.117. The van der Waals surface area contributed by atoms with Gasteiger partial charge in [0.05, 0.1) is 6.04 Å². The Bertz CT molecular complexity index is 775. The third kappa shape index (κ3) is 3.23. The number of benzene rings is 1. The molecule has 1 N–H and O–H groups in total. The first-order chi connectivity index (χ1) is 11.9. The quantitative estimate of drug-likeness (QED) is 0.896. The molecule has 0 aliphatic carbocycles. The highest BCUT2D eigenvalue weighted by Crippen LogP contribution is 2.43. The van der Waals surface area contributed by atoms with Crippen LogP contribution in [-0.2, 0) is 4.79 Å². The average molecular weight is 341 g/mol. The van der Waals surface area contributed by atoms with E-state index in [-0.39, 0.29) is 29.7 Å². The van der Waals surface area contributed by atoms with Crippen molar-refractivity contribution in [3.8, 4) is 0 Å². The topological polar surface area (TPSA) is 45.2 Å². The lowest BCUT2D eigenvalue weighted by Crippen LogP contribution is -2.49. The Balaban J connectivity index is 2.07. The van der Waals surface area contributed by atoms with Gasteiger partial charge in [0.15, 0.2) is 0 Å². The number of pyridine rings is 1. The van der Waals surface area contributed by atoms with Crippen molar-refractivity contribution in [2.24, 2.45) is 5.92 Å². The van der Waals surface area contributed by atoms with E-state index in [1.54, 1.807) is 17.9 Å². The molecule has 5 heteroatoms. The predicted octanol–water partition coefficient (Wildman–Crippen LogP) is 4.46. The van der Waals surface area contributed by atoms with E-state index in [0.29, 0.717) is 0 Å². The molecule has 1 aliphatic heterocycles. The van der Waals surface area contributed by atoms with Crippen LogP contribution in [0.1, 0.15) is 44.4 Å². The molecular weight excluding hydrogens is 317 g/mol. The zero-order chi connectivity index (χ0) is 18.1. The number of nitrogens with one attached hydrogen (secondary N) is 1. The summed E-state index contributed by atoms with van der Waals surface area (Å²) in [7, 11) is 0. The molecular formula is C20H24FN3O. The van der Waals surface area contributed by atoms with Gasteiger partial charge in [0, 0.05) is 36.3 Å². The van der Waals surface area contributed by atoms with Crippen molar-refractivity contribution in [3.63, 3.8) is 0 Å². The van der Waals surface area contributed by atoms with E-state index in [1.807, 2.05) is 25.3 Å². The Hall–Kier alpha value is -2.43. The highest BCUT2D eigenvalue weighted by Gasteiger charge is 2.39. The summed E-state index contributed by atoms with van der Waals surface area (Å²) in [4.78, 5) is 18.5. The van der Waals surface area contributed by atoms with Gasteiger partial charge in [0.1, 0.15) is 11.6 Å². The van der Waals surface area contributed by atoms with Gasteiger partial charge >= 0.3 is 0 Å². The van der Waals surface area contributed by atoms with Crippen molar-refractivity contribution in [2.75, 3.05) is 10.2 Å². The van der Waals surface area contributed by atoms with Gasteiger partial charge in [-0.3, -0.25) is 4.79 Å². The number of halogens is 1. The second-order valence-corrected chi connectivity index (χ2v) is 6.77. The lowest BCUT2D eigenvalue weighted by Gasteiger charge is -2.45. The first-order valence-corrected chi connectivity index (χ1v) is 8.70. The van der Waals surface area contributed by atoms with Gasteiger partial charge < -0.3 is 10.2 Å². The molecule has 1 amide bonds. The Morgan fingerprint density at radius 3 is 2.68 bits per heavy atom. The molecule has 3 atom stereocenters. The summed E-state index contributed by atoms with van der Waals surface area (Å²) in [6, 6.07) is 8.52. The Morgan fingerprint density at radius 1 is 1.32 bits per heavy atom. The van der Waals surface area contributed by atoms with Crippen molar-refractivity contribution in [2.45, 2.75) is 46.2 Å². The van der Waals surface area contributed by atoms with Crippen molar-refractivity contribution in [1.82, 2.24) is 4.98 Å². The normalized spacial score (nSPS) is 22.4. The second kappa shape index (κ2) is 6.82. The molecule has 0 saturated heterocycles. The summed E-state index contributed by atoms with van der Waals surface area (Å²) in [5, 5.41) is 3.45. The summed E-state index contributed by atoms with van der Waals surface area (Å²) in [6.45, 7) is 7.73. The molecule has 0 radical (unpaired) electrons. The fraction of sp³-hybridized carbons (Fsp3) is 0.400. The zero-order valence-corrected chi connectivity index (χ0v) is 15.1. The van der Waals surface area contributed by atoms with Crippen molar-refractivity contribution in [3.05, 3.63) is 53.5 Å². The molecule has 1 aromatic heterocycles. The minimum atomic E-state index is -0.298. The standard InChI is InChI=1S/C20H24FN3O/c1-5-17-13(3)20(23-19-9-6-12(2)11-22-19)16-10-15(21)7-8-18(16)24(17)14(4)25/h6-11,13,17,20H,5H2,1-4H3,(H,22,23)/t13-,17-,20+/m0/s1. The SMILES string of the molecule is CC[C@H]1[C@H](C)[C@@H](Nc2ccc(C)cn2)c2cc(F)ccc2N1C(C)=O. The smallest absolute Gasteiger partial charge is 0.224 e. The van der Waals surface area contributed by atoms with Crippen molar-refractivity contribution >= 4 is 17.4 Å². The second-order valence-electron chi connectivity index (χ2n) is 6.77. The fourth-order valence-electron chi connectivity index (χ4n) is 3.79. The third-order valence-corrected chi connectivity index (χ3v) is 5.02. The highest BCUT2D eigenvalue weighted by molar-refractivity contribution is 5.94. The van der Waals surface area contributed by atoms with E-state index in [9.17, 15) is 9.18 Å². The van der Waals surface area contributed by atoms with Crippen LogP contribution in [0.4, 0.5) is 15.9 Å². The van der Waals surface area contributed by atoms with E-state index in [4.69, 9.17) is 0 Å². The molecule has 0 saturated carbocycles. The number of hydrogen-bond donors (Lipinski definition) is 1. The molecule has 1 aliphatic rings. The average Bonchev–Trinajstić information content (AvgIpc) is 2.58. The molecule has 0 unspecified atom stereocenters. The van der Waals surface area contributed by atoms with E-state index < -0.39 is 0 Å². The van der Waals surface area contributed by atoms with Gasteiger partial charge in [-0.15, -0.1) is 0 Å². The maximum absolute atomic E-state index is 13.9. The minimum Gasteiger partial charge on any atom is -0.363 e. The number of carbonyl (C=O) groups excluding carboxylic acids is 1. The molecule has 0 spiro atoms. The molecule has 2 aromatic rings. The maximum atomic E-state index is 13.9. The number of carbonyl (C=O) groups is 1. The molecule has 0 bridgehead atoms. The summed E-state index contributed by atoms with van der Waals surface area (Å²) in [5.74, 6) is 0.557. The Kier molecular flexibility index (Phi) is 4.75. The number of amides is 1. The molecule has 3 rings (SSSR count). The van der Waals surface area contributed by atoms with E-state index >= 15 is 0 Å². The number of nitrogens with zero attached hydrogens (tertiary/aromatic N) is 2. The number of fused-ring (bicyclic) bond motifs is 1. The van der Waals surface area contributed by atoms with Crippen LogP contribution in [0.15, 0.2) is 36.5 Å². The van der Waals surface area contributed by atoms with Crippen LogP contribution in [0.3, 0.4) is 0 Å².